The highest BCUT2D eigenvalue weighted by atomic mass is 16.5. The molecule has 2 N–H and O–H groups in total. The highest BCUT2D eigenvalue weighted by Gasteiger charge is 2.23. The number of carboxylic acids is 1. The molecule has 1 aliphatic heterocycles. The number of rotatable bonds is 8. The van der Waals surface area contributed by atoms with Gasteiger partial charge in [0.25, 0.3) is 0 Å². The van der Waals surface area contributed by atoms with Gasteiger partial charge in [-0.05, 0) is 26.2 Å². The predicted octanol–water partition coefficient (Wildman–Crippen LogP) is 1.84. The van der Waals surface area contributed by atoms with E-state index in [1.807, 2.05) is 13.8 Å². The summed E-state index contributed by atoms with van der Waals surface area (Å²) in [6.07, 6.45) is 3.63. The quantitative estimate of drug-likeness (QED) is 0.713. The Kier molecular flexibility index (Phi) is 7.36. The Hall–Kier alpha value is -1.30. The number of hydrogen-bond acceptors (Lipinski definition) is 3. The lowest BCUT2D eigenvalue weighted by Gasteiger charge is -2.26. The van der Waals surface area contributed by atoms with Crippen molar-refractivity contribution >= 4 is 12.0 Å². The second kappa shape index (κ2) is 8.79. The molecule has 6 nitrogen and oxygen atoms in total. The number of hydrogen-bond donors (Lipinski definition) is 2. The maximum Gasteiger partial charge on any atom is 0.317 e. The number of nitrogens with zero attached hydrogens (tertiary/aromatic N) is 1. The lowest BCUT2D eigenvalue weighted by atomic mass is 10.1. The minimum absolute atomic E-state index is 0.0307. The van der Waals surface area contributed by atoms with Gasteiger partial charge in [-0.2, -0.15) is 0 Å². The molecule has 2 atom stereocenters. The molecule has 0 bridgehead atoms. The van der Waals surface area contributed by atoms with Gasteiger partial charge in [-0.25, -0.2) is 4.79 Å². The molecule has 0 saturated carbocycles. The molecule has 20 heavy (non-hydrogen) atoms. The third kappa shape index (κ3) is 5.77. The molecule has 1 heterocycles. The van der Waals surface area contributed by atoms with Crippen molar-refractivity contribution < 1.29 is 19.4 Å². The molecule has 0 radical (unpaired) electrons. The van der Waals surface area contributed by atoms with Gasteiger partial charge in [-0.15, -0.1) is 0 Å². The van der Waals surface area contributed by atoms with Crippen LogP contribution in [0.3, 0.4) is 0 Å². The van der Waals surface area contributed by atoms with Crippen molar-refractivity contribution in [2.75, 3.05) is 19.7 Å². The number of likely N-dealkylation sites (N-methyl/N-ethyl adjacent to an activating group) is 1. The summed E-state index contributed by atoms with van der Waals surface area (Å²) in [6.45, 7) is 5.83. The SMILES string of the molecule is CCCC(CC(=O)O)NC(=O)N(CC)CC1CCCO1. The van der Waals surface area contributed by atoms with Crippen molar-refractivity contribution in [2.24, 2.45) is 0 Å². The van der Waals surface area contributed by atoms with Crippen LogP contribution in [0.4, 0.5) is 4.79 Å². The lowest BCUT2D eigenvalue weighted by molar-refractivity contribution is -0.137. The monoisotopic (exact) mass is 286 g/mol. The maximum absolute atomic E-state index is 12.2. The van der Waals surface area contributed by atoms with Crippen LogP contribution in [0.2, 0.25) is 0 Å². The third-order valence-electron chi connectivity index (χ3n) is 3.50. The molecule has 1 fully saturated rings. The Morgan fingerprint density at radius 1 is 1.45 bits per heavy atom. The molecule has 1 rings (SSSR count). The zero-order valence-corrected chi connectivity index (χ0v) is 12.4. The van der Waals surface area contributed by atoms with Crippen LogP contribution in [-0.4, -0.2) is 53.8 Å². The Bertz CT molecular complexity index is 316. The topological polar surface area (TPSA) is 78.9 Å². The number of ether oxygens (including phenoxy) is 1. The van der Waals surface area contributed by atoms with Crippen LogP contribution in [0, 0.1) is 0 Å². The minimum Gasteiger partial charge on any atom is -0.481 e. The van der Waals surface area contributed by atoms with E-state index in [9.17, 15) is 9.59 Å². The van der Waals surface area contributed by atoms with E-state index in [1.165, 1.54) is 0 Å². The molecule has 116 valence electrons. The number of urea groups is 1. The van der Waals surface area contributed by atoms with Crippen molar-refractivity contribution in [1.82, 2.24) is 10.2 Å². The molecule has 0 spiro atoms. The molecule has 0 aromatic carbocycles. The average Bonchev–Trinajstić information content (AvgIpc) is 2.88. The smallest absolute Gasteiger partial charge is 0.317 e. The Labute approximate surface area is 120 Å². The first-order chi connectivity index (χ1) is 9.56. The first-order valence-corrected chi connectivity index (χ1v) is 7.45. The summed E-state index contributed by atoms with van der Waals surface area (Å²) in [5, 5.41) is 11.7. The van der Waals surface area contributed by atoms with E-state index in [0.717, 1.165) is 25.9 Å². The number of amides is 2. The summed E-state index contributed by atoms with van der Waals surface area (Å²) in [5.41, 5.74) is 0. The maximum atomic E-state index is 12.2. The second-order valence-electron chi connectivity index (χ2n) is 5.21. The number of carboxylic acid groups (broad SMARTS) is 1. The first kappa shape index (κ1) is 16.8. The largest absolute Gasteiger partial charge is 0.481 e. The van der Waals surface area contributed by atoms with E-state index in [0.29, 0.717) is 19.5 Å². The summed E-state index contributed by atoms with van der Waals surface area (Å²) < 4.78 is 5.54. The summed E-state index contributed by atoms with van der Waals surface area (Å²) in [5.74, 6) is -0.883. The van der Waals surface area contributed by atoms with Crippen LogP contribution in [0.15, 0.2) is 0 Å². The molecular formula is C14H26N2O4. The fourth-order valence-electron chi connectivity index (χ4n) is 2.44. The summed E-state index contributed by atoms with van der Waals surface area (Å²) in [6, 6.07) is -0.494. The summed E-state index contributed by atoms with van der Waals surface area (Å²) >= 11 is 0. The van der Waals surface area contributed by atoms with Crippen LogP contribution < -0.4 is 5.32 Å². The van der Waals surface area contributed by atoms with Crippen LogP contribution in [-0.2, 0) is 9.53 Å². The van der Waals surface area contributed by atoms with Crippen molar-refractivity contribution in [3.05, 3.63) is 0 Å². The van der Waals surface area contributed by atoms with Crippen molar-refractivity contribution in [3.8, 4) is 0 Å². The van der Waals surface area contributed by atoms with E-state index in [2.05, 4.69) is 5.32 Å². The van der Waals surface area contributed by atoms with Gasteiger partial charge in [0.05, 0.1) is 12.5 Å². The van der Waals surface area contributed by atoms with Crippen LogP contribution >= 0.6 is 0 Å². The van der Waals surface area contributed by atoms with Gasteiger partial charge in [0.15, 0.2) is 0 Å². The zero-order chi connectivity index (χ0) is 15.0. The number of carbonyl (C=O) groups is 2. The van der Waals surface area contributed by atoms with E-state index < -0.39 is 5.97 Å². The highest BCUT2D eigenvalue weighted by Crippen LogP contribution is 2.13. The molecular weight excluding hydrogens is 260 g/mol. The van der Waals surface area contributed by atoms with Crippen molar-refractivity contribution in [2.45, 2.75) is 58.1 Å². The van der Waals surface area contributed by atoms with Crippen molar-refractivity contribution in [3.63, 3.8) is 0 Å². The molecule has 6 heteroatoms. The van der Waals surface area contributed by atoms with Crippen LogP contribution in [0.5, 0.6) is 0 Å². The van der Waals surface area contributed by atoms with Crippen molar-refractivity contribution in [1.29, 1.82) is 0 Å². The fourth-order valence-corrected chi connectivity index (χ4v) is 2.44. The van der Waals surface area contributed by atoms with Gasteiger partial charge in [0, 0.05) is 25.7 Å². The Morgan fingerprint density at radius 3 is 2.70 bits per heavy atom. The van der Waals surface area contributed by atoms with E-state index >= 15 is 0 Å². The molecule has 0 aliphatic carbocycles. The fraction of sp³-hybridized carbons (Fsp3) is 0.857. The van der Waals surface area contributed by atoms with Gasteiger partial charge >= 0.3 is 12.0 Å². The van der Waals surface area contributed by atoms with Gasteiger partial charge in [-0.3, -0.25) is 4.79 Å². The van der Waals surface area contributed by atoms with Gasteiger partial charge in [0.1, 0.15) is 0 Å². The van der Waals surface area contributed by atoms with E-state index in [1.54, 1.807) is 4.90 Å². The molecule has 2 unspecified atom stereocenters. The summed E-state index contributed by atoms with van der Waals surface area (Å²) in [4.78, 5) is 24.7. The molecule has 1 saturated heterocycles. The van der Waals surface area contributed by atoms with E-state index in [-0.39, 0.29) is 24.6 Å². The number of aliphatic carboxylic acids is 1. The Balaban J connectivity index is 2.48. The van der Waals surface area contributed by atoms with E-state index in [4.69, 9.17) is 9.84 Å². The standard InChI is InChI=1S/C14H26N2O4/c1-3-6-11(9-13(17)18)15-14(19)16(4-2)10-12-7-5-8-20-12/h11-12H,3-10H2,1-2H3,(H,15,19)(H,17,18). The normalized spacial score (nSPS) is 19.6. The Morgan fingerprint density at radius 2 is 2.20 bits per heavy atom. The van der Waals surface area contributed by atoms with Gasteiger partial charge in [0.2, 0.25) is 0 Å². The second-order valence-corrected chi connectivity index (χ2v) is 5.21. The third-order valence-corrected chi connectivity index (χ3v) is 3.50. The molecule has 0 aromatic rings. The molecule has 1 aliphatic rings. The molecule has 2 amide bonds. The summed E-state index contributed by atoms with van der Waals surface area (Å²) in [7, 11) is 0. The van der Waals surface area contributed by atoms with Crippen LogP contribution in [0.1, 0.15) is 46.0 Å². The highest BCUT2D eigenvalue weighted by molar-refractivity contribution is 5.76. The lowest BCUT2D eigenvalue weighted by Crippen LogP contribution is -2.47. The van der Waals surface area contributed by atoms with Gasteiger partial charge < -0.3 is 20.1 Å². The average molecular weight is 286 g/mol. The minimum atomic E-state index is -0.883. The molecule has 0 aromatic heterocycles. The number of nitrogens with one attached hydrogen (secondary N) is 1. The first-order valence-electron chi connectivity index (χ1n) is 7.45. The van der Waals surface area contributed by atoms with Crippen LogP contribution in [0.25, 0.3) is 0 Å². The van der Waals surface area contributed by atoms with Gasteiger partial charge in [-0.1, -0.05) is 13.3 Å². The predicted molar refractivity (Wildman–Crippen MR) is 75.7 cm³/mol. The zero-order valence-electron chi connectivity index (χ0n) is 12.4. The number of carbonyl (C=O) groups excluding carboxylic acids is 1.